The minimum Gasteiger partial charge on any atom is -0.496 e. The molecule has 0 aliphatic carbocycles. The smallest absolute Gasteiger partial charge is 0.230 e. The van der Waals surface area contributed by atoms with Gasteiger partial charge in [0.1, 0.15) is 21.9 Å². The Kier molecular flexibility index (Phi) is 7.10. The molecule has 1 amide bonds. The van der Waals surface area contributed by atoms with Gasteiger partial charge in [-0.25, -0.2) is 9.97 Å². The molecule has 2 aromatic heterocycles. The molecule has 6 nitrogen and oxygen atoms in total. The summed E-state index contributed by atoms with van der Waals surface area (Å²) in [6.07, 6.45) is 1.57. The quantitative estimate of drug-likeness (QED) is 0.433. The first kappa shape index (κ1) is 21.5. The number of hydrogen-bond acceptors (Lipinski definition) is 7. The molecule has 3 aromatic rings. The highest BCUT2D eigenvalue weighted by atomic mass is 32.2. The van der Waals surface area contributed by atoms with Crippen LogP contribution >= 0.6 is 23.1 Å². The Morgan fingerprint density at radius 2 is 2.03 bits per heavy atom. The Bertz CT molecular complexity index is 1000. The van der Waals surface area contributed by atoms with Gasteiger partial charge in [0.05, 0.1) is 18.9 Å². The Morgan fingerprint density at radius 1 is 1.28 bits per heavy atom. The topological polar surface area (TPSA) is 67.3 Å². The number of rotatable bonds is 8. The predicted molar refractivity (Wildman–Crippen MR) is 120 cm³/mol. The predicted octanol–water partition coefficient (Wildman–Crippen LogP) is 3.83. The fourth-order valence-corrected chi connectivity index (χ4v) is 5.11. The van der Waals surface area contributed by atoms with E-state index in [0.717, 1.165) is 26.6 Å². The standard InChI is InChI=1S/C21H26N4O2S2/c1-13-14(2)29-21-19(13)20(23-12-24-21)28-11-18(26)22-10-16(25(3)4)15-8-6-7-9-17(15)27-5/h6-9,12,16H,10-11H2,1-5H3,(H,22,26). The summed E-state index contributed by atoms with van der Waals surface area (Å²) in [5.74, 6) is 1.11. The number of fused-ring (bicyclic) bond motifs is 1. The molecule has 0 fully saturated rings. The zero-order chi connectivity index (χ0) is 21.0. The third kappa shape index (κ3) is 4.88. The van der Waals surface area contributed by atoms with Crippen molar-refractivity contribution >= 4 is 39.2 Å². The number of likely N-dealkylation sites (N-methyl/N-ethyl adjacent to an activating group) is 1. The van der Waals surface area contributed by atoms with Crippen molar-refractivity contribution in [2.24, 2.45) is 0 Å². The van der Waals surface area contributed by atoms with Crippen molar-refractivity contribution in [1.82, 2.24) is 20.2 Å². The van der Waals surface area contributed by atoms with Crippen LogP contribution in [0.4, 0.5) is 0 Å². The number of carbonyl (C=O) groups excluding carboxylic acids is 1. The van der Waals surface area contributed by atoms with Crippen molar-refractivity contribution in [2.75, 3.05) is 33.5 Å². The Labute approximate surface area is 179 Å². The number of benzene rings is 1. The highest BCUT2D eigenvalue weighted by molar-refractivity contribution is 8.00. The summed E-state index contributed by atoms with van der Waals surface area (Å²) in [6.45, 7) is 4.67. The summed E-state index contributed by atoms with van der Waals surface area (Å²) >= 11 is 3.12. The first-order valence-electron chi connectivity index (χ1n) is 9.32. The number of carbonyl (C=O) groups is 1. The second-order valence-electron chi connectivity index (χ2n) is 6.96. The summed E-state index contributed by atoms with van der Waals surface area (Å²) in [7, 11) is 5.66. The van der Waals surface area contributed by atoms with Crippen LogP contribution in [0.1, 0.15) is 22.0 Å². The normalized spacial score (nSPS) is 12.3. The van der Waals surface area contributed by atoms with Crippen molar-refractivity contribution in [3.05, 3.63) is 46.6 Å². The lowest BCUT2D eigenvalue weighted by Gasteiger charge is -2.26. The van der Waals surface area contributed by atoms with Crippen LogP contribution in [0.5, 0.6) is 5.75 Å². The van der Waals surface area contributed by atoms with Crippen molar-refractivity contribution in [3.63, 3.8) is 0 Å². The number of ether oxygens (including phenoxy) is 1. The minimum atomic E-state index is -0.0203. The third-order valence-electron chi connectivity index (χ3n) is 4.88. The number of hydrogen-bond donors (Lipinski definition) is 1. The molecule has 1 atom stereocenters. The number of aromatic nitrogens is 2. The molecule has 1 unspecified atom stereocenters. The van der Waals surface area contributed by atoms with Gasteiger partial charge in [0.2, 0.25) is 5.91 Å². The maximum absolute atomic E-state index is 12.5. The number of amides is 1. The van der Waals surface area contributed by atoms with Gasteiger partial charge in [-0.05, 0) is 39.6 Å². The third-order valence-corrected chi connectivity index (χ3v) is 6.99. The molecule has 2 heterocycles. The monoisotopic (exact) mass is 430 g/mol. The molecule has 0 radical (unpaired) electrons. The maximum Gasteiger partial charge on any atom is 0.230 e. The lowest BCUT2D eigenvalue weighted by molar-refractivity contribution is -0.118. The van der Waals surface area contributed by atoms with Crippen LogP contribution in [-0.4, -0.2) is 54.3 Å². The van der Waals surface area contributed by atoms with E-state index in [9.17, 15) is 4.79 Å². The molecule has 8 heteroatoms. The zero-order valence-corrected chi connectivity index (χ0v) is 19.0. The number of nitrogens with one attached hydrogen (secondary N) is 1. The van der Waals surface area contributed by atoms with Gasteiger partial charge in [0, 0.05) is 22.4 Å². The molecular weight excluding hydrogens is 404 g/mol. The first-order chi connectivity index (χ1) is 13.9. The molecule has 0 aliphatic heterocycles. The number of thiophene rings is 1. The second kappa shape index (κ2) is 9.56. The van der Waals surface area contributed by atoms with Gasteiger partial charge >= 0.3 is 0 Å². The van der Waals surface area contributed by atoms with Crippen LogP contribution in [0.2, 0.25) is 0 Å². The lowest BCUT2D eigenvalue weighted by Crippen LogP contribution is -2.35. The van der Waals surface area contributed by atoms with Gasteiger partial charge in [-0.3, -0.25) is 4.79 Å². The van der Waals surface area contributed by atoms with E-state index in [4.69, 9.17) is 4.74 Å². The first-order valence-corrected chi connectivity index (χ1v) is 11.1. The molecule has 29 heavy (non-hydrogen) atoms. The number of para-hydroxylation sites is 1. The highest BCUT2D eigenvalue weighted by Gasteiger charge is 2.19. The van der Waals surface area contributed by atoms with E-state index in [1.54, 1.807) is 24.8 Å². The fourth-order valence-electron chi connectivity index (χ4n) is 3.17. The van der Waals surface area contributed by atoms with Gasteiger partial charge in [0.25, 0.3) is 0 Å². The number of thioether (sulfide) groups is 1. The van der Waals surface area contributed by atoms with Crippen molar-refractivity contribution in [3.8, 4) is 5.75 Å². The van der Waals surface area contributed by atoms with Crippen LogP contribution in [-0.2, 0) is 4.79 Å². The summed E-state index contributed by atoms with van der Waals surface area (Å²) in [5, 5.41) is 4.98. The van der Waals surface area contributed by atoms with Crippen molar-refractivity contribution in [2.45, 2.75) is 24.9 Å². The summed E-state index contributed by atoms with van der Waals surface area (Å²) in [5.41, 5.74) is 2.24. The summed E-state index contributed by atoms with van der Waals surface area (Å²) < 4.78 is 5.49. The Morgan fingerprint density at radius 3 is 2.76 bits per heavy atom. The molecule has 154 valence electrons. The van der Waals surface area contributed by atoms with E-state index in [-0.39, 0.29) is 11.9 Å². The number of nitrogens with zero attached hydrogens (tertiary/aromatic N) is 3. The number of aryl methyl sites for hydroxylation is 2. The van der Waals surface area contributed by atoms with E-state index < -0.39 is 0 Å². The van der Waals surface area contributed by atoms with E-state index in [1.165, 1.54) is 22.2 Å². The van der Waals surface area contributed by atoms with Gasteiger partial charge in [0.15, 0.2) is 0 Å². The van der Waals surface area contributed by atoms with Crippen LogP contribution in [0.25, 0.3) is 10.2 Å². The van der Waals surface area contributed by atoms with E-state index in [0.29, 0.717) is 12.3 Å². The molecule has 1 N–H and O–H groups in total. The van der Waals surface area contributed by atoms with Gasteiger partial charge in [-0.15, -0.1) is 11.3 Å². The molecule has 0 saturated heterocycles. The molecule has 3 rings (SSSR count). The second-order valence-corrected chi connectivity index (χ2v) is 9.12. The molecule has 0 spiro atoms. The molecule has 1 aromatic carbocycles. The fraction of sp³-hybridized carbons (Fsp3) is 0.381. The molecule has 0 aliphatic rings. The summed E-state index contributed by atoms with van der Waals surface area (Å²) in [4.78, 5) is 25.6. The highest BCUT2D eigenvalue weighted by Crippen LogP contribution is 2.34. The van der Waals surface area contributed by atoms with Crippen LogP contribution in [0, 0.1) is 13.8 Å². The van der Waals surface area contributed by atoms with Gasteiger partial charge < -0.3 is 15.0 Å². The average Bonchev–Trinajstić information content (AvgIpc) is 3.01. The molecule has 0 bridgehead atoms. The van der Waals surface area contributed by atoms with E-state index in [2.05, 4.69) is 34.0 Å². The van der Waals surface area contributed by atoms with Crippen molar-refractivity contribution in [1.29, 1.82) is 0 Å². The van der Waals surface area contributed by atoms with Gasteiger partial charge in [-0.1, -0.05) is 30.0 Å². The van der Waals surface area contributed by atoms with E-state index in [1.807, 2.05) is 38.4 Å². The van der Waals surface area contributed by atoms with Crippen LogP contribution in [0.15, 0.2) is 35.6 Å². The summed E-state index contributed by atoms with van der Waals surface area (Å²) in [6, 6.07) is 7.92. The maximum atomic E-state index is 12.5. The SMILES string of the molecule is COc1ccccc1C(CNC(=O)CSc1ncnc2sc(C)c(C)c12)N(C)C. The van der Waals surface area contributed by atoms with Crippen LogP contribution < -0.4 is 10.1 Å². The molecular formula is C21H26N4O2S2. The van der Waals surface area contributed by atoms with Crippen LogP contribution in [0.3, 0.4) is 0 Å². The lowest BCUT2D eigenvalue weighted by atomic mass is 10.0. The van der Waals surface area contributed by atoms with E-state index >= 15 is 0 Å². The minimum absolute atomic E-state index is 0.0203. The zero-order valence-electron chi connectivity index (χ0n) is 17.4. The van der Waals surface area contributed by atoms with Crippen molar-refractivity contribution < 1.29 is 9.53 Å². The Hall–Kier alpha value is -2.16. The van der Waals surface area contributed by atoms with Gasteiger partial charge in [-0.2, -0.15) is 0 Å². The Balaban J connectivity index is 1.65. The number of methoxy groups -OCH3 is 1. The largest absolute Gasteiger partial charge is 0.496 e. The average molecular weight is 431 g/mol. The molecule has 0 saturated carbocycles.